The molecule has 2 aromatic heterocycles. The Labute approximate surface area is 127 Å². The maximum atomic E-state index is 4.87. The van der Waals surface area contributed by atoms with Crippen molar-refractivity contribution in [1.29, 1.82) is 0 Å². The van der Waals surface area contributed by atoms with Crippen molar-refractivity contribution in [1.82, 2.24) is 14.8 Å². The standard InChI is InChI=1S/C15H19BrN4/c1-15(2,3)13-12(16)14-18-9-6-11(20(14)19-13)10-4-7-17-8-5-10/h4-5,7-8,11,18H,6,9H2,1-3H3. The van der Waals surface area contributed by atoms with Crippen LogP contribution >= 0.6 is 15.9 Å². The lowest BCUT2D eigenvalue weighted by molar-refractivity contribution is 0.462. The fourth-order valence-electron chi connectivity index (χ4n) is 2.62. The van der Waals surface area contributed by atoms with Gasteiger partial charge in [-0.15, -0.1) is 0 Å². The van der Waals surface area contributed by atoms with Crippen molar-refractivity contribution in [2.24, 2.45) is 0 Å². The van der Waals surface area contributed by atoms with Crippen LogP contribution in [0.4, 0.5) is 5.82 Å². The molecule has 0 radical (unpaired) electrons. The number of anilines is 1. The molecule has 5 heteroatoms. The molecule has 3 rings (SSSR count). The van der Waals surface area contributed by atoms with Gasteiger partial charge in [0, 0.05) is 24.4 Å². The molecule has 1 aliphatic heterocycles. The van der Waals surface area contributed by atoms with Gasteiger partial charge in [0.15, 0.2) is 0 Å². The number of rotatable bonds is 1. The second-order valence-electron chi connectivity index (χ2n) is 6.22. The third-order valence-corrected chi connectivity index (χ3v) is 4.41. The summed E-state index contributed by atoms with van der Waals surface area (Å²) >= 11 is 3.71. The van der Waals surface area contributed by atoms with Crippen LogP contribution < -0.4 is 5.32 Å². The van der Waals surface area contributed by atoms with E-state index >= 15 is 0 Å². The third kappa shape index (κ3) is 2.24. The van der Waals surface area contributed by atoms with Gasteiger partial charge in [0.2, 0.25) is 0 Å². The quantitative estimate of drug-likeness (QED) is 0.863. The molecule has 0 saturated carbocycles. The summed E-state index contributed by atoms with van der Waals surface area (Å²) in [5.74, 6) is 1.09. The molecule has 0 aliphatic carbocycles. The molecule has 1 unspecified atom stereocenters. The Morgan fingerprint density at radius 1 is 1.30 bits per heavy atom. The number of nitrogens with zero attached hydrogens (tertiary/aromatic N) is 3. The number of halogens is 1. The largest absolute Gasteiger partial charge is 0.369 e. The number of hydrogen-bond donors (Lipinski definition) is 1. The fraction of sp³-hybridized carbons (Fsp3) is 0.467. The Balaban J connectivity index is 2.10. The van der Waals surface area contributed by atoms with Gasteiger partial charge in [0.25, 0.3) is 0 Å². The molecule has 1 atom stereocenters. The molecule has 1 aliphatic rings. The van der Waals surface area contributed by atoms with E-state index in [2.05, 4.69) is 63.8 Å². The van der Waals surface area contributed by atoms with Gasteiger partial charge in [0.1, 0.15) is 5.82 Å². The molecule has 0 fully saturated rings. The Morgan fingerprint density at radius 3 is 2.65 bits per heavy atom. The minimum Gasteiger partial charge on any atom is -0.369 e. The van der Waals surface area contributed by atoms with Crippen molar-refractivity contribution < 1.29 is 0 Å². The average Bonchev–Trinajstić information content (AvgIpc) is 2.77. The van der Waals surface area contributed by atoms with Crippen molar-refractivity contribution in [3.8, 4) is 0 Å². The molecular weight excluding hydrogens is 316 g/mol. The van der Waals surface area contributed by atoms with E-state index < -0.39 is 0 Å². The highest BCUT2D eigenvalue weighted by Gasteiger charge is 2.30. The van der Waals surface area contributed by atoms with Crippen LogP contribution in [0.1, 0.15) is 44.5 Å². The van der Waals surface area contributed by atoms with Crippen LogP contribution in [-0.4, -0.2) is 21.3 Å². The summed E-state index contributed by atoms with van der Waals surface area (Å²) in [4.78, 5) is 4.10. The van der Waals surface area contributed by atoms with Gasteiger partial charge < -0.3 is 5.32 Å². The second kappa shape index (κ2) is 4.88. The van der Waals surface area contributed by atoms with Gasteiger partial charge in [-0.05, 0) is 40.0 Å². The zero-order valence-corrected chi connectivity index (χ0v) is 13.6. The Kier molecular flexibility index (Phi) is 3.32. The van der Waals surface area contributed by atoms with Crippen LogP contribution in [0.15, 0.2) is 29.0 Å². The Hall–Kier alpha value is -1.36. The first-order chi connectivity index (χ1) is 9.48. The highest BCUT2D eigenvalue weighted by molar-refractivity contribution is 9.10. The molecule has 106 valence electrons. The first-order valence-electron chi connectivity index (χ1n) is 6.91. The number of fused-ring (bicyclic) bond motifs is 1. The Morgan fingerprint density at radius 2 is 2.00 bits per heavy atom. The van der Waals surface area contributed by atoms with Crippen LogP contribution in [0.25, 0.3) is 0 Å². The number of aromatic nitrogens is 3. The molecule has 20 heavy (non-hydrogen) atoms. The molecule has 4 nitrogen and oxygen atoms in total. The lowest BCUT2D eigenvalue weighted by Crippen LogP contribution is -2.24. The molecule has 0 spiro atoms. The molecule has 0 saturated heterocycles. The number of nitrogens with one attached hydrogen (secondary N) is 1. The van der Waals surface area contributed by atoms with Gasteiger partial charge in [-0.2, -0.15) is 5.10 Å². The smallest absolute Gasteiger partial charge is 0.139 e. The molecular formula is C15H19BrN4. The summed E-state index contributed by atoms with van der Waals surface area (Å²) in [6, 6.07) is 4.43. The average molecular weight is 335 g/mol. The first-order valence-corrected chi connectivity index (χ1v) is 7.70. The van der Waals surface area contributed by atoms with E-state index in [1.165, 1.54) is 5.56 Å². The minimum absolute atomic E-state index is 0.0215. The van der Waals surface area contributed by atoms with E-state index in [1.807, 2.05) is 12.4 Å². The summed E-state index contributed by atoms with van der Waals surface area (Å²) in [5, 5.41) is 8.33. The van der Waals surface area contributed by atoms with E-state index in [1.54, 1.807) is 0 Å². The van der Waals surface area contributed by atoms with Gasteiger partial charge in [-0.3, -0.25) is 4.98 Å². The van der Waals surface area contributed by atoms with E-state index in [0.717, 1.165) is 29.0 Å². The zero-order chi connectivity index (χ0) is 14.3. The van der Waals surface area contributed by atoms with E-state index in [9.17, 15) is 0 Å². The van der Waals surface area contributed by atoms with Gasteiger partial charge in [-0.1, -0.05) is 20.8 Å². The lowest BCUT2D eigenvalue weighted by Gasteiger charge is -2.26. The second-order valence-corrected chi connectivity index (χ2v) is 7.01. The number of hydrogen-bond acceptors (Lipinski definition) is 3. The van der Waals surface area contributed by atoms with Gasteiger partial charge >= 0.3 is 0 Å². The van der Waals surface area contributed by atoms with E-state index in [4.69, 9.17) is 5.10 Å². The topological polar surface area (TPSA) is 42.7 Å². The van der Waals surface area contributed by atoms with Gasteiger partial charge in [0.05, 0.1) is 16.2 Å². The van der Waals surface area contributed by atoms with Crippen molar-refractivity contribution in [3.05, 3.63) is 40.3 Å². The predicted octanol–water partition coefficient (Wildman–Crippen LogP) is 3.74. The molecule has 2 aromatic rings. The maximum Gasteiger partial charge on any atom is 0.139 e. The maximum absolute atomic E-state index is 4.87. The molecule has 0 amide bonds. The van der Waals surface area contributed by atoms with Crippen molar-refractivity contribution in [2.75, 3.05) is 11.9 Å². The zero-order valence-electron chi connectivity index (χ0n) is 12.0. The van der Waals surface area contributed by atoms with Crippen LogP contribution in [0.5, 0.6) is 0 Å². The summed E-state index contributed by atoms with van der Waals surface area (Å²) in [5.41, 5.74) is 2.38. The predicted molar refractivity (Wildman–Crippen MR) is 84.1 cm³/mol. The third-order valence-electron chi connectivity index (χ3n) is 3.66. The van der Waals surface area contributed by atoms with Crippen molar-refractivity contribution in [3.63, 3.8) is 0 Å². The van der Waals surface area contributed by atoms with Crippen LogP contribution in [0, 0.1) is 0 Å². The summed E-state index contributed by atoms with van der Waals surface area (Å²) in [6.45, 7) is 7.52. The SMILES string of the molecule is CC(C)(C)c1nn2c(c1Br)NCCC2c1ccncc1. The summed E-state index contributed by atoms with van der Waals surface area (Å²) < 4.78 is 3.20. The Bertz CT molecular complexity index is 613. The van der Waals surface area contributed by atoms with Crippen LogP contribution in [0.3, 0.4) is 0 Å². The van der Waals surface area contributed by atoms with E-state index in [0.29, 0.717) is 0 Å². The van der Waals surface area contributed by atoms with E-state index in [-0.39, 0.29) is 11.5 Å². The first kappa shape index (κ1) is 13.6. The number of pyridine rings is 1. The molecule has 3 heterocycles. The van der Waals surface area contributed by atoms with Crippen molar-refractivity contribution in [2.45, 2.75) is 38.6 Å². The van der Waals surface area contributed by atoms with Crippen molar-refractivity contribution >= 4 is 21.7 Å². The minimum atomic E-state index is 0.0215. The fourth-order valence-corrected chi connectivity index (χ4v) is 3.62. The normalized spacial score (nSPS) is 18.5. The molecule has 0 aromatic carbocycles. The summed E-state index contributed by atoms with van der Waals surface area (Å²) in [6.07, 6.45) is 4.73. The molecule has 0 bridgehead atoms. The highest BCUT2D eigenvalue weighted by Crippen LogP contribution is 2.39. The highest BCUT2D eigenvalue weighted by atomic mass is 79.9. The lowest BCUT2D eigenvalue weighted by atomic mass is 9.92. The van der Waals surface area contributed by atoms with Crippen LogP contribution in [0.2, 0.25) is 0 Å². The molecule has 1 N–H and O–H groups in total. The van der Waals surface area contributed by atoms with Gasteiger partial charge in [-0.25, -0.2) is 4.68 Å². The van der Waals surface area contributed by atoms with Crippen LogP contribution in [-0.2, 0) is 5.41 Å². The monoisotopic (exact) mass is 334 g/mol. The summed E-state index contributed by atoms with van der Waals surface area (Å²) in [7, 11) is 0.